The molecule has 3 aromatic rings. The van der Waals surface area contributed by atoms with Gasteiger partial charge in [-0.1, -0.05) is 18.2 Å². The number of nitrogens with one attached hydrogen (secondary N) is 1. The second-order valence-electron chi connectivity index (χ2n) is 6.17. The lowest BCUT2D eigenvalue weighted by molar-refractivity contribution is -0.155. The quantitative estimate of drug-likeness (QED) is 0.736. The third kappa shape index (κ3) is 2.72. The number of rotatable bonds is 2. The van der Waals surface area contributed by atoms with Gasteiger partial charge < -0.3 is 9.72 Å². The largest absolute Gasteiger partial charge is 0.459 e. The zero-order valence-corrected chi connectivity index (χ0v) is 12.7. The van der Waals surface area contributed by atoms with Crippen LogP contribution < -0.4 is 5.69 Å². The van der Waals surface area contributed by atoms with Crippen LogP contribution in [0.5, 0.6) is 0 Å². The van der Waals surface area contributed by atoms with Crippen molar-refractivity contribution < 1.29 is 9.53 Å². The molecule has 2 aromatic heterocycles. The van der Waals surface area contributed by atoms with E-state index in [-0.39, 0.29) is 6.54 Å². The Morgan fingerprint density at radius 1 is 1.27 bits per heavy atom. The Labute approximate surface area is 126 Å². The van der Waals surface area contributed by atoms with E-state index in [1.807, 2.05) is 24.3 Å². The van der Waals surface area contributed by atoms with Crippen LogP contribution in [0.3, 0.4) is 0 Å². The molecule has 0 atom stereocenters. The van der Waals surface area contributed by atoms with Crippen molar-refractivity contribution in [2.75, 3.05) is 0 Å². The number of H-pyrrole nitrogens is 1. The molecule has 0 fully saturated rings. The zero-order chi connectivity index (χ0) is 15.9. The van der Waals surface area contributed by atoms with Gasteiger partial charge >= 0.3 is 11.7 Å². The van der Waals surface area contributed by atoms with E-state index in [9.17, 15) is 9.59 Å². The second kappa shape index (κ2) is 4.98. The third-order valence-corrected chi connectivity index (χ3v) is 3.18. The molecule has 0 aliphatic rings. The number of esters is 1. The molecule has 114 valence electrons. The van der Waals surface area contributed by atoms with Gasteiger partial charge in [-0.05, 0) is 26.8 Å². The fourth-order valence-electron chi connectivity index (χ4n) is 2.37. The van der Waals surface area contributed by atoms with Gasteiger partial charge in [0.15, 0.2) is 0 Å². The van der Waals surface area contributed by atoms with E-state index in [1.54, 1.807) is 27.0 Å². The van der Waals surface area contributed by atoms with Crippen molar-refractivity contribution in [3.8, 4) is 0 Å². The summed E-state index contributed by atoms with van der Waals surface area (Å²) < 4.78 is 6.52. The highest BCUT2D eigenvalue weighted by molar-refractivity contribution is 6.05. The Bertz CT molecular complexity index is 916. The van der Waals surface area contributed by atoms with Gasteiger partial charge in [0.05, 0.1) is 0 Å². The fourth-order valence-corrected chi connectivity index (χ4v) is 2.37. The maximum atomic E-state index is 12.0. The smallest absolute Gasteiger partial charge is 0.350 e. The number of aromatic nitrogens is 3. The Balaban J connectivity index is 2.03. The van der Waals surface area contributed by atoms with Crippen molar-refractivity contribution >= 4 is 27.9 Å². The number of carbonyl (C=O) groups is 1. The van der Waals surface area contributed by atoms with Crippen LogP contribution in [0.25, 0.3) is 21.9 Å². The van der Waals surface area contributed by atoms with Crippen LogP contribution in [-0.4, -0.2) is 26.1 Å². The summed E-state index contributed by atoms with van der Waals surface area (Å²) in [6.07, 6.45) is 1.65. The topological polar surface area (TPSA) is 77.0 Å². The van der Waals surface area contributed by atoms with Gasteiger partial charge in [-0.3, -0.25) is 9.36 Å². The van der Waals surface area contributed by atoms with E-state index in [4.69, 9.17) is 4.74 Å². The van der Waals surface area contributed by atoms with Crippen molar-refractivity contribution in [3.63, 3.8) is 0 Å². The summed E-state index contributed by atoms with van der Waals surface area (Å²) in [7, 11) is 0. The van der Waals surface area contributed by atoms with E-state index in [0.717, 1.165) is 16.3 Å². The predicted molar refractivity (Wildman–Crippen MR) is 83.7 cm³/mol. The maximum Gasteiger partial charge on any atom is 0.350 e. The zero-order valence-electron chi connectivity index (χ0n) is 12.7. The van der Waals surface area contributed by atoms with Gasteiger partial charge in [0.25, 0.3) is 0 Å². The molecule has 6 nitrogen and oxygen atoms in total. The molecule has 0 saturated heterocycles. The molecule has 2 heterocycles. The van der Waals surface area contributed by atoms with Crippen LogP contribution in [-0.2, 0) is 16.1 Å². The van der Waals surface area contributed by atoms with Gasteiger partial charge in [0, 0.05) is 22.5 Å². The number of fused-ring (bicyclic) bond motifs is 3. The minimum absolute atomic E-state index is 0.154. The molecule has 6 heteroatoms. The van der Waals surface area contributed by atoms with E-state index in [2.05, 4.69) is 9.97 Å². The molecule has 3 rings (SSSR count). The number of ether oxygens (including phenoxy) is 1. The fraction of sp³-hybridized carbons (Fsp3) is 0.312. The average Bonchev–Trinajstić information content (AvgIpc) is 2.74. The lowest BCUT2D eigenvalue weighted by Gasteiger charge is -2.19. The van der Waals surface area contributed by atoms with Gasteiger partial charge in [-0.15, -0.1) is 0 Å². The van der Waals surface area contributed by atoms with E-state index in [1.165, 1.54) is 4.57 Å². The van der Waals surface area contributed by atoms with Gasteiger partial charge in [0.1, 0.15) is 17.8 Å². The molecule has 0 unspecified atom stereocenters. The summed E-state index contributed by atoms with van der Waals surface area (Å²) in [4.78, 5) is 31.0. The van der Waals surface area contributed by atoms with Crippen LogP contribution >= 0.6 is 0 Å². The first-order valence-electron chi connectivity index (χ1n) is 7.03. The molecule has 22 heavy (non-hydrogen) atoms. The molecular formula is C16H17N3O3. The van der Waals surface area contributed by atoms with Gasteiger partial charge in [0.2, 0.25) is 0 Å². The monoisotopic (exact) mass is 299 g/mol. The molecule has 0 aliphatic carbocycles. The number of nitrogens with zero attached hydrogens (tertiary/aromatic N) is 2. The average molecular weight is 299 g/mol. The lowest BCUT2D eigenvalue weighted by Crippen LogP contribution is -2.31. The standard InChI is InChI=1S/C16H17N3O3/c1-16(2,3)22-13(20)9-19-8-11-10-6-4-5-7-12(10)17-14(11)18-15(19)21/h4-8H,9H2,1-3H3,(H,17,18,21). The lowest BCUT2D eigenvalue weighted by atomic mass is 10.2. The molecule has 1 aromatic carbocycles. The Morgan fingerprint density at radius 3 is 2.73 bits per heavy atom. The molecule has 0 saturated carbocycles. The Hall–Kier alpha value is -2.63. The van der Waals surface area contributed by atoms with E-state index < -0.39 is 17.3 Å². The van der Waals surface area contributed by atoms with Crippen molar-refractivity contribution in [1.82, 2.24) is 14.5 Å². The molecule has 1 N–H and O–H groups in total. The predicted octanol–water partition coefficient (Wildman–Crippen LogP) is 2.22. The first-order chi connectivity index (χ1) is 10.3. The Morgan fingerprint density at radius 2 is 2.00 bits per heavy atom. The second-order valence-corrected chi connectivity index (χ2v) is 6.17. The summed E-state index contributed by atoms with van der Waals surface area (Å²) in [6, 6.07) is 7.68. The first-order valence-corrected chi connectivity index (χ1v) is 7.03. The van der Waals surface area contributed by atoms with Crippen molar-refractivity contribution in [2.24, 2.45) is 0 Å². The van der Waals surface area contributed by atoms with Crippen LogP contribution in [0.1, 0.15) is 20.8 Å². The van der Waals surface area contributed by atoms with Crippen molar-refractivity contribution in [1.29, 1.82) is 0 Å². The summed E-state index contributed by atoms with van der Waals surface area (Å²) in [5.41, 5.74) is 0.356. The van der Waals surface area contributed by atoms with Crippen LogP contribution in [0.4, 0.5) is 0 Å². The minimum atomic E-state index is -0.584. The Kier molecular flexibility index (Phi) is 3.24. The summed E-state index contributed by atoms with van der Waals surface area (Å²) in [5, 5.41) is 1.77. The summed E-state index contributed by atoms with van der Waals surface area (Å²) >= 11 is 0. The molecular weight excluding hydrogens is 282 g/mol. The number of benzene rings is 1. The number of carbonyl (C=O) groups excluding carboxylic acids is 1. The summed E-state index contributed by atoms with van der Waals surface area (Å²) in [5.74, 6) is -0.462. The van der Waals surface area contributed by atoms with E-state index in [0.29, 0.717) is 5.65 Å². The number of hydrogen-bond acceptors (Lipinski definition) is 4. The molecule has 0 radical (unpaired) electrons. The van der Waals surface area contributed by atoms with Crippen LogP contribution in [0, 0.1) is 0 Å². The number of hydrogen-bond donors (Lipinski definition) is 1. The first kappa shape index (κ1) is 14.3. The minimum Gasteiger partial charge on any atom is -0.459 e. The molecule has 0 spiro atoms. The summed E-state index contributed by atoms with van der Waals surface area (Å²) in [6.45, 7) is 5.21. The third-order valence-electron chi connectivity index (χ3n) is 3.18. The highest BCUT2D eigenvalue weighted by Crippen LogP contribution is 2.22. The van der Waals surface area contributed by atoms with Crippen LogP contribution in [0.2, 0.25) is 0 Å². The molecule has 0 bridgehead atoms. The van der Waals surface area contributed by atoms with Crippen molar-refractivity contribution in [3.05, 3.63) is 40.9 Å². The van der Waals surface area contributed by atoms with E-state index >= 15 is 0 Å². The molecule has 0 amide bonds. The normalized spacial score (nSPS) is 12.0. The number of aromatic amines is 1. The molecule has 0 aliphatic heterocycles. The highest BCUT2D eigenvalue weighted by atomic mass is 16.6. The SMILES string of the molecule is CC(C)(C)OC(=O)Cn1cc2c(nc1=O)[nH]c1ccccc12. The van der Waals surface area contributed by atoms with Crippen LogP contribution in [0.15, 0.2) is 35.3 Å². The number of para-hydroxylation sites is 1. The van der Waals surface area contributed by atoms with Crippen molar-refractivity contribution in [2.45, 2.75) is 32.9 Å². The highest BCUT2D eigenvalue weighted by Gasteiger charge is 2.17. The van der Waals surface area contributed by atoms with Gasteiger partial charge in [-0.25, -0.2) is 4.79 Å². The van der Waals surface area contributed by atoms with Gasteiger partial charge in [-0.2, -0.15) is 4.98 Å². The maximum absolute atomic E-state index is 12.0.